The van der Waals surface area contributed by atoms with E-state index in [1.54, 1.807) is 4.90 Å². The monoisotopic (exact) mass is 388 g/mol. The van der Waals surface area contributed by atoms with Crippen LogP contribution >= 0.6 is 0 Å². The first kappa shape index (κ1) is 18.4. The number of hydrogen-bond acceptors (Lipinski definition) is 3. The van der Waals surface area contributed by atoms with E-state index in [4.69, 9.17) is 10.1 Å². The number of piperazine rings is 1. The van der Waals surface area contributed by atoms with Crippen molar-refractivity contribution in [1.82, 2.24) is 14.6 Å². The first-order chi connectivity index (χ1) is 14.1. The predicted molar refractivity (Wildman–Crippen MR) is 118 cm³/mol. The summed E-state index contributed by atoms with van der Waals surface area (Å²) in [4.78, 5) is 9.31. The molecule has 150 valence electrons. The van der Waals surface area contributed by atoms with Crippen molar-refractivity contribution in [1.29, 1.82) is 0 Å². The van der Waals surface area contributed by atoms with Gasteiger partial charge >= 0.3 is 0 Å². The lowest BCUT2D eigenvalue weighted by Gasteiger charge is -2.34. The van der Waals surface area contributed by atoms with E-state index in [2.05, 4.69) is 60.2 Å². The molecule has 1 aliphatic heterocycles. The fraction of sp³-hybridized carbons (Fsp3) is 0.417. The number of quaternary nitrogens is 1. The molecule has 3 aromatic rings. The van der Waals surface area contributed by atoms with Crippen molar-refractivity contribution >= 4 is 11.5 Å². The van der Waals surface area contributed by atoms with Crippen molar-refractivity contribution in [2.24, 2.45) is 0 Å². The van der Waals surface area contributed by atoms with Crippen molar-refractivity contribution in [3.05, 3.63) is 59.4 Å². The van der Waals surface area contributed by atoms with Gasteiger partial charge in [0.15, 0.2) is 5.65 Å². The summed E-state index contributed by atoms with van der Waals surface area (Å²) in [5, 5.41) is 5.00. The molecule has 5 nitrogen and oxygen atoms in total. The molecule has 0 amide bonds. The zero-order chi connectivity index (χ0) is 20.0. The van der Waals surface area contributed by atoms with Crippen LogP contribution in [0.15, 0.2) is 42.5 Å². The van der Waals surface area contributed by atoms with Gasteiger partial charge in [-0.05, 0) is 44.2 Å². The number of aryl methyl sites for hydroxylation is 2. The van der Waals surface area contributed by atoms with Crippen LogP contribution in [-0.2, 0) is 12.8 Å². The second kappa shape index (κ2) is 7.30. The minimum atomic E-state index is 1.01. The Kier molecular flexibility index (Phi) is 4.63. The summed E-state index contributed by atoms with van der Waals surface area (Å²) >= 11 is 0. The van der Waals surface area contributed by atoms with Gasteiger partial charge in [-0.15, -0.1) is 0 Å². The molecule has 2 aliphatic rings. The fourth-order valence-corrected chi connectivity index (χ4v) is 5.02. The Morgan fingerprint density at radius 2 is 1.90 bits per heavy atom. The van der Waals surface area contributed by atoms with Crippen molar-refractivity contribution < 1.29 is 4.90 Å². The van der Waals surface area contributed by atoms with E-state index in [-0.39, 0.29) is 0 Å². The van der Waals surface area contributed by atoms with Gasteiger partial charge in [0.05, 0.1) is 38.4 Å². The van der Waals surface area contributed by atoms with Crippen LogP contribution in [0.25, 0.3) is 16.8 Å². The van der Waals surface area contributed by atoms with Crippen LogP contribution in [0.5, 0.6) is 0 Å². The minimum absolute atomic E-state index is 1.01. The average Bonchev–Trinajstić information content (AvgIpc) is 3.30. The molecule has 0 unspecified atom stereocenters. The van der Waals surface area contributed by atoms with Gasteiger partial charge in [-0.25, -0.2) is 4.98 Å². The summed E-state index contributed by atoms with van der Waals surface area (Å²) in [5.41, 5.74) is 8.42. The normalized spacial score (nSPS) is 17.1. The van der Waals surface area contributed by atoms with Gasteiger partial charge < -0.3 is 9.80 Å². The van der Waals surface area contributed by atoms with Crippen molar-refractivity contribution in [2.75, 3.05) is 37.6 Å². The molecule has 5 heteroatoms. The largest absolute Gasteiger partial charge is 0.345 e. The molecular formula is C24H30N5+. The Labute approximate surface area is 172 Å². The maximum Gasteiger partial charge on any atom is 0.165 e. The van der Waals surface area contributed by atoms with E-state index < -0.39 is 0 Å². The molecular weight excluding hydrogens is 358 g/mol. The quantitative estimate of drug-likeness (QED) is 0.698. The van der Waals surface area contributed by atoms with Crippen LogP contribution in [0.2, 0.25) is 0 Å². The lowest BCUT2D eigenvalue weighted by atomic mass is 10.1. The third kappa shape index (κ3) is 3.23. The van der Waals surface area contributed by atoms with E-state index in [1.165, 1.54) is 40.2 Å². The number of nitrogens with one attached hydrogen (secondary N) is 1. The number of nitrogens with zero attached hydrogens (tertiary/aromatic N) is 4. The molecule has 1 aliphatic carbocycles. The summed E-state index contributed by atoms with van der Waals surface area (Å²) in [6.07, 6.45) is 3.40. The summed E-state index contributed by atoms with van der Waals surface area (Å²) in [6, 6.07) is 10.6. The second-order valence-electron chi connectivity index (χ2n) is 8.65. The maximum absolute atomic E-state index is 5.12. The summed E-state index contributed by atoms with van der Waals surface area (Å²) < 4.78 is 2.14. The predicted octanol–water partition coefficient (Wildman–Crippen LogP) is 2.47. The zero-order valence-corrected chi connectivity index (χ0v) is 17.5. The highest BCUT2D eigenvalue weighted by Gasteiger charge is 2.29. The molecule has 5 rings (SSSR count). The van der Waals surface area contributed by atoms with Crippen LogP contribution in [0.1, 0.15) is 30.3 Å². The number of hydrogen-bond donors (Lipinski definition) is 1. The smallest absolute Gasteiger partial charge is 0.165 e. The third-order valence-electron chi connectivity index (χ3n) is 6.32. The van der Waals surface area contributed by atoms with E-state index in [0.717, 1.165) is 56.9 Å². The molecule has 1 N–H and O–H groups in total. The van der Waals surface area contributed by atoms with Crippen LogP contribution in [0.4, 0.5) is 5.82 Å². The molecule has 0 saturated carbocycles. The van der Waals surface area contributed by atoms with Gasteiger partial charge in [0.2, 0.25) is 0 Å². The van der Waals surface area contributed by atoms with Crippen molar-refractivity contribution in [2.45, 2.75) is 33.1 Å². The first-order valence-electron chi connectivity index (χ1n) is 10.8. The Morgan fingerprint density at radius 3 is 2.62 bits per heavy atom. The van der Waals surface area contributed by atoms with Gasteiger partial charge in [-0.3, -0.25) is 0 Å². The van der Waals surface area contributed by atoms with E-state index in [0.29, 0.717) is 0 Å². The molecule has 0 atom stereocenters. The summed E-state index contributed by atoms with van der Waals surface area (Å²) in [5.74, 6) is 1.29. The standard InChI is InChI=1S/C24H29N5/c1-17(2)16-27-12-14-28(15-13-27)24-20-10-7-11-21(20)25-23-22(18(3)26-29(23)24)19-8-5-4-6-9-19/h4-6,8-9H,1,7,10-16H2,2-3H3/p+1. The molecule has 2 aromatic heterocycles. The van der Waals surface area contributed by atoms with E-state index >= 15 is 0 Å². The van der Waals surface area contributed by atoms with Crippen molar-refractivity contribution in [3.8, 4) is 11.1 Å². The van der Waals surface area contributed by atoms with Gasteiger partial charge in [0.1, 0.15) is 5.82 Å². The van der Waals surface area contributed by atoms with Crippen LogP contribution < -0.4 is 9.80 Å². The lowest BCUT2D eigenvalue weighted by molar-refractivity contribution is -0.895. The van der Waals surface area contributed by atoms with Crippen LogP contribution in [0.3, 0.4) is 0 Å². The topological polar surface area (TPSA) is 37.9 Å². The molecule has 0 radical (unpaired) electrons. The average molecular weight is 389 g/mol. The number of rotatable bonds is 4. The van der Waals surface area contributed by atoms with Crippen LogP contribution in [0, 0.1) is 6.92 Å². The van der Waals surface area contributed by atoms with Crippen LogP contribution in [-0.4, -0.2) is 47.3 Å². The Morgan fingerprint density at radius 1 is 1.14 bits per heavy atom. The van der Waals surface area contributed by atoms with Crippen molar-refractivity contribution in [3.63, 3.8) is 0 Å². The zero-order valence-electron chi connectivity index (χ0n) is 17.5. The van der Waals surface area contributed by atoms with Gasteiger partial charge in [-0.2, -0.15) is 9.61 Å². The number of anilines is 1. The van der Waals surface area contributed by atoms with Gasteiger partial charge in [-0.1, -0.05) is 36.9 Å². The number of fused-ring (bicyclic) bond motifs is 2. The number of aromatic nitrogens is 3. The van der Waals surface area contributed by atoms with Gasteiger partial charge in [0.25, 0.3) is 0 Å². The maximum atomic E-state index is 5.12. The molecule has 0 spiro atoms. The Balaban J connectivity index is 1.60. The van der Waals surface area contributed by atoms with Gasteiger partial charge in [0, 0.05) is 16.8 Å². The summed E-state index contributed by atoms with van der Waals surface area (Å²) in [6.45, 7) is 13.9. The highest BCUT2D eigenvalue weighted by atomic mass is 15.4. The Bertz CT molecular complexity index is 1060. The SMILES string of the molecule is C=C(C)C[NH+]1CCN(c2c3c(nc4c(-c5ccccc5)c(C)nn24)CCC3)CC1. The number of benzene rings is 1. The minimum Gasteiger partial charge on any atom is -0.345 e. The third-order valence-corrected chi connectivity index (χ3v) is 6.32. The molecule has 0 bridgehead atoms. The molecule has 1 fully saturated rings. The molecule has 29 heavy (non-hydrogen) atoms. The fourth-order valence-electron chi connectivity index (χ4n) is 5.02. The highest BCUT2D eigenvalue weighted by Crippen LogP contribution is 2.35. The second-order valence-corrected chi connectivity index (χ2v) is 8.65. The summed E-state index contributed by atoms with van der Waals surface area (Å²) in [7, 11) is 0. The Hall–Kier alpha value is -2.66. The van der Waals surface area contributed by atoms with E-state index in [1.807, 2.05) is 0 Å². The van der Waals surface area contributed by atoms with E-state index in [9.17, 15) is 0 Å². The first-order valence-corrected chi connectivity index (χ1v) is 10.8. The molecule has 1 saturated heterocycles. The lowest BCUT2D eigenvalue weighted by Crippen LogP contribution is -3.15. The molecule has 3 heterocycles. The highest BCUT2D eigenvalue weighted by molar-refractivity contribution is 5.81. The molecule has 1 aromatic carbocycles.